The lowest BCUT2D eigenvalue weighted by atomic mass is 9.85. The molecule has 0 heterocycles. The first-order valence-electron chi connectivity index (χ1n) is 9.10. The number of hydrogen-bond acceptors (Lipinski definition) is 3. The summed E-state index contributed by atoms with van der Waals surface area (Å²) in [6.07, 6.45) is -0.730. The monoisotopic (exact) mass is 367 g/mol. The highest BCUT2D eigenvalue weighted by Gasteiger charge is 2.31. The smallest absolute Gasteiger partial charge is 0.407 e. The number of hydrogen-bond donors (Lipinski definition) is 2. The van der Waals surface area contributed by atoms with Crippen molar-refractivity contribution in [2.75, 3.05) is 6.61 Å². The summed E-state index contributed by atoms with van der Waals surface area (Å²) in [4.78, 5) is 23.4. The molecule has 5 heteroatoms. The number of amides is 1. The summed E-state index contributed by atoms with van der Waals surface area (Å²) in [5.74, 6) is -0.968. The SMILES string of the molecule is CC(C)(C)[C@H](CC(=O)O)NC(=O)OCC1c2ccccc2-c2ccccc21. The molecule has 0 fully saturated rings. The van der Waals surface area contributed by atoms with E-state index in [0.717, 1.165) is 11.1 Å². The largest absolute Gasteiger partial charge is 0.481 e. The molecule has 27 heavy (non-hydrogen) atoms. The average molecular weight is 367 g/mol. The van der Waals surface area contributed by atoms with Crippen LogP contribution in [0.25, 0.3) is 11.1 Å². The quantitative estimate of drug-likeness (QED) is 0.820. The second-order valence-corrected chi connectivity index (χ2v) is 7.99. The average Bonchev–Trinajstić information content (AvgIpc) is 2.92. The van der Waals surface area contributed by atoms with Crippen LogP contribution < -0.4 is 5.32 Å². The maximum absolute atomic E-state index is 12.3. The van der Waals surface area contributed by atoms with Gasteiger partial charge in [0.15, 0.2) is 0 Å². The molecule has 2 N–H and O–H groups in total. The number of nitrogens with one attached hydrogen (secondary N) is 1. The van der Waals surface area contributed by atoms with Gasteiger partial charge in [-0.2, -0.15) is 0 Å². The molecule has 0 bridgehead atoms. The molecule has 1 amide bonds. The predicted molar refractivity (Wildman–Crippen MR) is 104 cm³/mol. The van der Waals surface area contributed by atoms with Gasteiger partial charge in [0, 0.05) is 12.0 Å². The third-order valence-corrected chi connectivity index (χ3v) is 5.06. The van der Waals surface area contributed by atoms with Crippen LogP contribution in [0.1, 0.15) is 44.2 Å². The number of carboxylic acids is 1. The van der Waals surface area contributed by atoms with Crippen molar-refractivity contribution in [2.45, 2.75) is 39.2 Å². The van der Waals surface area contributed by atoms with Crippen molar-refractivity contribution in [1.29, 1.82) is 0 Å². The normalized spacial score (nSPS) is 14.2. The Balaban J connectivity index is 1.71. The molecule has 0 aliphatic heterocycles. The van der Waals surface area contributed by atoms with Crippen LogP contribution in [-0.2, 0) is 9.53 Å². The van der Waals surface area contributed by atoms with E-state index in [1.54, 1.807) is 0 Å². The van der Waals surface area contributed by atoms with Crippen molar-refractivity contribution in [3.8, 4) is 11.1 Å². The molecule has 5 nitrogen and oxygen atoms in total. The van der Waals surface area contributed by atoms with Crippen molar-refractivity contribution in [3.05, 3.63) is 59.7 Å². The third-order valence-electron chi connectivity index (χ3n) is 5.06. The first kappa shape index (κ1) is 19.0. The Hall–Kier alpha value is -2.82. The van der Waals surface area contributed by atoms with Gasteiger partial charge in [0.25, 0.3) is 0 Å². The van der Waals surface area contributed by atoms with E-state index in [4.69, 9.17) is 9.84 Å². The topological polar surface area (TPSA) is 75.6 Å². The zero-order valence-electron chi connectivity index (χ0n) is 15.9. The first-order valence-corrected chi connectivity index (χ1v) is 9.10. The highest BCUT2D eigenvalue weighted by atomic mass is 16.5. The summed E-state index contributed by atoms with van der Waals surface area (Å²) in [5.41, 5.74) is 4.24. The number of fused-ring (bicyclic) bond motifs is 3. The summed E-state index contributed by atoms with van der Waals surface area (Å²) in [6, 6.07) is 15.8. The van der Waals surface area contributed by atoms with E-state index in [0.29, 0.717) is 0 Å². The van der Waals surface area contributed by atoms with Gasteiger partial charge in [-0.3, -0.25) is 4.79 Å². The molecule has 2 aromatic carbocycles. The molecule has 3 rings (SSSR count). The molecule has 1 aliphatic carbocycles. The minimum atomic E-state index is -0.950. The van der Waals surface area contributed by atoms with Crippen molar-refractivity contribution < 1.29 is 19.4 Å². The summed E-state index contributed by atoms with van der Waals surface area (Å²) in [7, 11) is 0. The molecule has 0 aromatic heterocycles. The molecular weight excluding hydrogens is 342 g/mol. The summed E-state index contributed by atoms with van der Waals surface area (Å²) < 4.78 is 5.50. The van der Waals surface area contributed by atoms with Gasteiger partial charge in [0.1, 0.15) is 6.61 Å². The molecule has 1 atom stereocenters. The second-order valence-electron chi connectivity index (χ2n) is 7.99. The van der Waals surface area contributed by atoms with E-state index in [9.17, 15) is 9.59 Å². The Kier molecular flexibility index (Phi) is 5.22. The highest BCUT2D eigenvalue weighted by molar-refractivity contribution is 5.79. The number of aliphatic carboxylic acids is 1. The van der Waals surface area contributed by atoms with Crippen LogP contribution >= 0.6 is 0 Å². The lowest BCUT2D eigenvalue weighted by molar-refractivity contribution is -0.138. The fourth-order valence-corrected chi connectivity index (χ4v) is 3.53. The summed E-state index contributed by atoms with van der Waals surface area (Å²) >= 11 is 0. The summed E-state index contributed by atoms with van der Waals surface area (Å²) in [6.45, 7) is 5.89. The van der Waals surface area contributed by atoms with E-state index < -0.39 is 18.1 Å². The van der Waals surface area contributed by atoms with Gasteiger partial charge in [-0.05, 0) is 27.7 Å². The lowest BCUT2D eigenvalue weighted by Gasteiger charge is -2.30. The van der Waals surface area contributed by atoms with Gasteiger partial charge in [-0.25, -0.2) is 4.79 Å². The number of carbonyl (C=O) groups is 2. The van der Waals surface area contributed by atoms with Crippen LogP contribution in [0.15, 0.2) is 48.5 Å². The number of rotatable bonds is 5. The van der Waals surface area contributed by atoms with Crippen LogP contribution in [0.3, 0.4) is 0 Å². The number of alkyl carbamates (subject to hydrolysis) is 1. The zero-order chi connectivity index (χ0) is 19.6. The molecule has 0 radical (unpaired) electrons. The molecule has 2 aromatic rings. The van der Waals surface area contributed by atoms with Crippen LogP contribution in [-0.4, -0.2) is 29.8 Å². The standard InChI is InChI=1S/C22H25NO4/c1-22(2,3)19(12-20(24)25)23-21(26)27-13-18-16-10-6-4-8-14(16)15-9-5-7-11-17(15)18/h4-11,18-19H,12-13H2,1-3H3,(H,23,26)(H,24,25)/t19-/m0/s1. The van der Waals surface area contributed by atoms with Gasteiger partial charge in [-0.15, -0.1) is 0 Å². The van der Waals surface area contributed by atoms with Gasteiger partial charge in [-0.1, -0.05) is 69.3 Å². The Labute approximate surface area is 159 Å². The molecule has 1 aliphatic rings. The van der Waals surface area contributed by atoms with Crippen LogP contribution in [0.2, 0.25) is 0 Å². The van der Waals surface area contributed by atoms with Crippen LogP contribution in [0.5, 0.6) is 0 Å². The lowest BCUT2D eigenvalue weighted by Crippen LogP contribution is -2.45. The van der Waals surface area contributed by atoms with Crippen molar-refractivity contribution in [2.24, 2.45) is 5.41 Å². The molecule has 0 saturated carbocycles. The minimum absolute atomic E-state index is 0.0179. The molecular formula is C22H25NO4. The molecule has 0 saturated heterocycles. The third kappa shape index (κ3) is 4.13. The first-order chi connectivity index (χ1) is 12.8. The number of ether oxygens (including phenoxy) is 1. The minimum Gasteiger partial charge on any atom is -0.481 e. The van der Waals surface area contributed by atoms with E-state index in [-0.39, 0.29) is 24.4 Å². The summed E-state index contributed by atoms with van der Waals surface area (Å²) in [5, 5.41) is 11.8. The van der Waals surface area contributed by atoms with Gasteiger partial charge in [0.05, 0.1) is 6.42 Å². The van der Waals surface area contributed by atoms with Crippen LogP contribution in [0, 0.1) is 5.41 Å². The second kappa shape index (κ2) is 7.43. The Morgan fingerprint density at radius 2 is 1.56 bits per heavy atom. The zero-order valence-corrected chi connectivity index (χ0v) is 15.9. The van der Waals surface area contributed by atoms with Crippen molar-refractivity contribution in [1.82, 2.24) is 5.32 Å². The van der Waals surface area contributed by atoms with E-state index in [2.05, 4.69) is 29.6 Å². The van der Waals surface area contributed by atoms with Gasteiger partial charge >= 0.3 is 12.1 Å². The molecule has 142 valence electrons. The Morgan fingerprint density at radius 1 is 1.04 bits per heavy atom. The Morgan fingerprint density at radius 3 is 2.04 bits per heavy atom. The Bertz CT molecular complexity index is 808. The maximum Gasteiger partial charge on any atom is 0.407 e. The molecule has 0 spiro atoms. The highest BCUT2D eigenvalue weighted by Crippen LogP contribution is 2.44. The van der Waals surface area contributed by atoms with E-state index >= 15 is 0 Å². The van der Waals surface area contributed by atoms with E-state index in [1.807, 2.05) is 45.0 Å². The van der Waals surface area contributed by atoms with Crippen LogP contribution in [0.4, 0.5) is 4.79 Å². The fraction of sp³-hybridized carbons (Fsp3) is 0.364. The van der Waals surface area contributed by atoms with E-state index in [1.165, 1.54) is 11.1 Å². The number of benzene rings is 2. The van der Waals surface area contributed by atoms with Gasteiger partial charge in [0.2, 0.25) is 0 Å². The maximum atomic E-state index is 12.3. The number of carboxylic acid groups (broad SMARTS) is 1. The fourth-order valence-electron chi connectivity index (χ4n) is 3.53. The van der Waals surface area contributed by atoms with Crippen molar-refractivity contribution in [3.63, 3.8) is 0 Å². The van der Waals surface area contributed by atoms with Crippen molar-refractivity contribution >= 4 is 12.1 Å². The number of carbonyl (C=O) groups excluding carboxylic acids is 1. The van der Waals surface area contributed by atoms with Gasteiger partial charge < -0.3 is 15.2 Å². The molecule has 0 unspecified atom stereocenters. The predicted octanol–water partition coefficient (Wildman–Crippen LogP) is 4.41.